The molecule has 8 heteroatoms. The molecule has 0 aromatic heterocycles. The lowest BCUT2D eigenvalue weighted by molar-refractivity contribution is -0.889. The van der Waals surface area contributed by atoms with Gasteiger partial charge in [0.05, 0.1) is 40.3 Å². The second kappa shape index (κ2) is 41.0. The van der Waals surface area contributed by atoms with E-state index in [0.717, 1.165) is 83.5 Å². The Morgan fingerprint density at radius 1 is 0.534 bits per heavy atom. The summed E-state index contributed by atoms with van der Waals surface area (Å²) in [6.07, 6.45) is 48.6. The van der Waals surface area contributed by atoms with Crippen molar-refractivity contribution in [3.63, 3.8) is 0 Å². The highest BCUT2D eigenvalue weighted by Crippen LogP contribution is 2.14. The van der Waals surface area contributed by atoms with Crippen LogP contribution in [-0.4, -0.2) is 75.5 Å². The molecular formula is C50H89NO7. The summed E-state index contributed by atoms with van der Waals surface area (Å²) in [7, 11) is 5.40. The predicted molar refractivity (Wildman–Crippen MR) is 240 cm³/mol. The zero-order valence-corrected chi connectivity index (χ0v) is 38.2. The number of nitrogens with zero attached hydrogens (tertiary/aromatic N) is 1. The fourth-order valence-electron chi connectivity index (χ4n) is 6.79. The monoisotopic (exact) mass is 816 g/mol. The van der Waals surface area contributed by atoms with E-state index in [2.05, 4.69) is 62.5 Å². The smallest absolute Gasteiger partial charge is 0.306 e. The molecule has 0 rings (SSSR count). The highest BCUT2D eigenvalue weighted by atomic mass is 16.6. The van der Waals surface area contributed by atoms with Gasteiger partial charge in [0.1, 0.15) is 12.6 Å². The maximum Gasteiger partial charge on any atom is 0.306 e. The average Bonchev–Trinajstić information content (AvgIpc) is 3.18. The van der Waals surface area contributed by atoms with Crippen molar-refractivity contribution in [3.05, 3.63) is 48.6 Å². The lowest BCUT2D eigenvalue weighted by atomic mass is 10.1. The molecule has 0 aromatic rings. The van der Waals surface area contributed by atoms with Gasteiger partial charge in [0.15, 0.2) is 6.10 Å². The predicted octanol–water partition coefficient (Wildman–Crippen LogP) is 11.9. The minimum absolute atomic E-state index is 0.0323. The van der Waals surface area contributed by atoms with Crippen LogP contribution in [0.4, 0.5) is 0 Å². The minimum Gasteiger partial charge on any atom is -0.544 e. The summed E-state index contributed by atoms with van der Waals surface area (Å²) in [5.41, 5.74) is 0. The molecule has 0 saturated carbocycles. The molecule has 0 N–H and O–H groups in total. The molecule has 0 amide bonds. The van der Waals surface area contributed by atoms with Gasteiger partial charge in [0.2, 0.25) is 0 Å². The summed E-state index contributed by atoms with van der Waals surface area (Å²) in [6.45, 7) is 4.53. The van der Waals surface area contributed by atoms with Gasteiger partial charge in [-0.2, -0.15) is 0 Å². The number of likely N-dealkylation sites (N-methyl/N-ethyl adjacent to an activating group) is 1. The number of carbonyl (C=O) groups excluding carboxylic acids is 3. The van der Waals surface area contributed by atoms with Gasteiger partial charge >= 0.3 is 11.9 Å². The van der Waals surface area contributed by atoms with Crippen LogP contribution in [0.15, 0.2) is 48.6 Å². The lowest BCUT2D eigenvalue weighted by Gasteiger charge is -2.34. The largest absolute Gasteiger partial charge is 0.544 e. The van der Waals surface area contributed by atoms with Crippen molar-refractivity contribution in [1.82, 2.24) is 0 Å². The first kappa shape index (κ1) is 55.3. The molecule has 0 saturated heterocycles. The maximum atomic E-state index is 12.7. The van der Waals surface area contributed by atoms with E-state index >= 15 is 0 Å². The number of unbranched alkanes of at least 4 members (excludes halogenated alkanes) is 20. The van der Waals surface area contributed by atoms with Crippen LogP contribution in [0.2, 0.25) is 0 Å². The molecule has 0 aliphatic heterocycles. The van der Waals surface area contributed by atoms with Crippen molar-refractivity contribution < 1.29 is 38.2 Å². The molecule has 58 heavy (non-hydrogen) atoms. The fourth-order valence-corrected chi connectivity index (χ4v) is 6.79. The van der Waals surface area contributed by atoms with Crippen LogP contribution in [0.25, 0.3) is 0 Å². The number of carboxylic acids is 1. The number of esters is 2. The Morgan fingerprint density at radius 2 is 0.966 bits per heavy atom. The molecule has 0 fully saturated rings. The number of quaternary nitrogens is 1. The lowest BCUT2D eigenvalue weighted by Crippen LogP contribution is -2.55. The second-order valence-electron chi connectivity index (χ2n) is 17.0. The van der Waals surface area contributed by atoms with Crippen molar-refractivity contribution in [2.24, 2.45) is 0 Å². The number of allylic oxidation sites excluding steroid dienone is 8. The molecule has 0 aromatic carbocycles. The molecule has 0 heterocycles. The molecule has 336 valence electrons. The van der Waals surface area contributed by atoms with E-state index in [1.54, 1.807) is 21.1 Å². The van der Waals surface area contributed by atoms with E-state index in [1.165, 1.54) is 83.5 Å². The standard InChI is InChI=1S/C50H89NO7/c1-6-8-10-12-14-16-18-20-21-22-23-24-25-26-27-28-29-31-33-35-37-39-41-49(53)58-46(44-56-43-42-47(50(54)55)51(3,4)5)45-57-48(52)40-38-36-34-32-30-19-17-15-13-11-9-7-2/h9,11,15,17,22-23,25-26,46-47H,6-8,10,12-14,16,18-21,24,27-45H2,1-5H3/b11-9+,17-15+,23-22+,26-25+. The summed E-state index contributed by atoms with van der Waals surface area (Å²) in [4.78, 5) is 36.9. The van der Waals surface area contributed by atoms with Gasteiger partial charge in [-0.05, 0) is 70.6 Å². The van der Waals surface area contributed by atoms with Crippen LogP contribution in [0.5, 0.6) is 0 Å². The summed E-state index contributed by atoms with van der Waals surface area (Å²) in [5.74, 6) is -1.76. The van der Waals surface area contributed by atoms with Crippen LogP contribution in [-0.2, 0) is 28.6 Å². The number of hydrogen-bond acceptors (Lipinski definition) is 7. The van der Waals surface area contributed by atoms with Gasteiger partial charge in [0.25, 0.3) is 0 Å². The van der Waals surface area contributed by atoms with Crippen LogP contribution in [0, 0.1) is 0 Å². The van der Waals surface area contributed by atoms with Gasteiger partial charge < -0.3 is 28.6 Å². The Kier molecular flexibility index (Phi) is 39.1. The molecule has 2 unspecified atom stereocenters. The van der Waals surface area contributed by atoms with E-state index in [1.807, 2.05) is 0 Å². The molecule has 0 aliphatic rings. The van der Waals surface area contributed by atoms with Crippen LogP contribution in [0.3, 0.4) is 0 Å². The summed E-state index contributed by atoms with van der Waals surface area (Å²) >= 11 is 0. The maximum absolute atomic E-state index is 12.7. The number of rotatable bonds is 42. The minimum atomic E-state index is -1.13. The number of ether oxygens (including phenoxy) is 3. The Balaban J connectivity index is 4.28. The van der Waals surface area contributed by atoms with E-state index < -0.39 is 18.1 Å². The third-order valence-corrected chi connectivity index (χ3v) is 10.4. The van der Waals surface area contributed by atoms with Gasteiger partial charge in [-0.25, -0.2) is 0 Å². The zero-order valence-electron chi connectivity index (χ0n) is 38.2. The molecule has 8 nitrogen and oxygen atoms in total. The van der Waals surface area contributed by atoms with Crippen molar-refractivity contribution in [2.75, 3.05) is 41.0 Å². The highest BCUT2D eigenvalue weighted by Gasteiger charge is 2.25. The van der Waals surface area contributed by atoms with Gasteiger partial charge in [0, 0.05) is 19.3 Å². The molecular weight excluding hydrogens is 727 g/mol. The van der Waals surface area contributed by atoms with Crippen LogP contribution >= 0.6 is 0 Å². The highest BCUT2D eigenvalue weighted by molar-refractivity contribution is 5.70. The zero-order chi connectivity index (χ0) is 42.8. The molecule has 0 radical (unpaired) electrons. The van der Waals surface area contributed by atoms with Gasteiger partial charge in [-0.3, -0.25) is 9.59 Å². The second-order valence-corrected chi connectivity index (χ2v) is 17.0. The van der Waals surface area contributed by atoms with Crippen molar-refractivity contribution in [1.29, 1.82) is 0 Å². The first-order valence-electron chi connectivity index (χ1n) is 23.7. The normalized spacial score (nSPS) is 13.3. The summed E-state index contributed by atoms with van der Waals surface area (Å²) < 4.78 is 17.2. The third kappa shape index (κ3) is 38.8. The van der Waals surface area contributed by atoms with Gasteiger partial charge in [-0.1, -0.05) is 159 Å². The Labute approximate surface area is 356 Å². The summed E-state index contributed by atoms with van der Waals surface area (Å²) in [6, 6.07) is -0.730. The Morgan fingerprint density at radius 3 is 1.41 bits per heavy atom. The van der Waals surface area contributed by atoms with Crippen LogP contribution < -0.4 is 5.11 Å². The van der Waals surface area contributed by atoms with Crippen molar-refractivity contribution in [2.45, 2.75) is 212 Å². The third-order valence-electron chi connectivity index (χ3n) is 10.4. The number of aliphatic carboxylic acids is 1. The SMILES string of the molecule is CC/C=C/C/C=C/CCCCCCCC(=O)OCC(COCCC(C(=O)[O-])[N+](C)(C)C)OC(=O)CCCCCCCCC/C=C/C/C=C/CCCCCCCCCC. The van der Waals surface area contributed by atoms with Gasteiger partial charge in [-0.15, -0.1) is 0 Å². The van der Waals surface area contributed by atoms with E-state index in [4.69, 9.17) is 14.2 Å². The topological polar surface area (TPSA) is 102 Å². The molecule has 0 spiro atoms. The van der Waals surface area contributed by atoms with Crippen LogP contribution in [0.1, 0.15) is 200 Å². The first-order valence-corrected chi connectivity index (χ1v) is 23.7. The first-order chi connectivity index (χ1) is 28.1. The van der Waals surface area contributed by atoms with Crippen molar-refractivity contribution >= 4 is 17.9 Å². The number of carbonyl (C=O) groups is 3. The van der Waals surface area contributed by atoms with E-state index in [0.29, 0.717) is 12.8 Å². The molecule has 0 bridgehead atoms. The fraction of sp³-hybridized carbons (Fsp3) is 0.780. The Hall–Kier alpha value is -2.71. The molecule has 2 atom stereocenters. The number of hydrogen-bond donors (Lipinski definition) is 0. The van der Waals surface area contributed by atoms with E-state index in [-0.39, 0.29) is 42.7 Å². The summed E-state index contributed by atoms with van der Waals surface area (Å²) in [5, 5.41) is 11.6. The molecule has 0 aliphatic carbocycles. The number of carboxylic acid groups (broad SMARTS) is 1. The van der Waals surface area contributed by atoms with Crippen molar-refractivity contribution in [3.8, 4) is 0 Å². The van der Waals surface area contributed by atoms with E-state index in [9.17, 15) is 19.5 Å². The average molecular weight is 816 g/mol. The quantitative estimate of drug-likeness (QED) is 0.0262. The Bertz CT molecular complexity index is 1090.